The second kappa shape index (κ2) is 4.12. The number of anilines is 1. The molecule has 3 aromatic rings. The molecule has 0 saturated carbocycles. The summed E-state index contributed by atoms with van der Waals surface area (Å²) >= 11 is 0. The highest BCUT2D eigenvalue weighted by Crippen LogP contribution is 2.02. The summed E-state index contributed by atoms with van der Waals surface area (Å²) in [7, 11) is 0. The smallest absolute Gasteiger partial charge is 0.200 e. The fourth-order valence-corrected chi connectivity index (χ4v) is 1.39. The lowest BCUT2D eigenvalue weighted by Crippen LogP contribution is -2.12. The first-order valence-electron chi connectivity index (χ1n) is 5.03. The van der Waals surface area contributed by atoms with Gasteiger partial charge in [0.2, 0.25) is 0 Å². The Balaban J connectivity index is 1.64. The molecule has 0 radical (unpaired) electrons. The molecule has 3 aromatic heterocycles. The van der Waals surface area contributed by atoms with Gasteiger partial charge in [-0.05, 0) is 22.6 Å². The van der Waals surface area contributed by atoms with Gasteiger partial charge in [0.1, 0.15) is 18.5 Å². The molecule has 3 heterocycles. The lowest BCUT2D eigenvalue weighted by molar-refractivity contribution is 0.633. The first kappa shape index (κ1) is 9.63. The summed E-state index contributed by atoms with van der Waals surface area (Å²) < 4.78 is 3.11. The molecule has 1 N–H and O–H groups in total. The number of aromatic nitrogens is 8. The molecule has 86 valence electrons. The van der Waals surface area contributed by atoms with Crippen molar-refractivity contribution >= 4 is 11.5 Å². The molecule has 9 heteroatoms. The Morgan fingerprint density at radius 3 is 3.18 bits per heavy atom. The zero-order valence-corrected chi connectivity index (χ0v) is 8.80. The largest absolute Gasteiger partial charge is 0.367 e. The third kappa shape index (κ3) is 2.02. The Morgan fingerprint density at radius 1 is 1.29 bits per heavy atom. The van der Waals surface area contributed by atoms with Crippen LogP contribution in [0, 0.1) is 0 Å². The number of nitrogens with zero attached hydrogens (tertiary/aromatic N) is 8. The highest BCUT2D eigenvalue weighted by molar-refractivity contribution is 5.41. The average Bonchev–Trinajstić information content (AvgIpc) is 2.98. The number of rotatable bonds is 4. The number of hydrogen-bond donors (Lipinski definition) is 1. The summed E-state index contributed by atoms with van der Waals surface area (Å²) in [6.07, 6.45) is 3.17. The molecule has 0 aliphatic carbocycles. The minimum absolute atomic E-state index is 0.617. The van der Waals surface area contributed by atoms with Gasteiger partial charge in [-0.1, -0.05) is 0 Å². The van der Waals surface area contributed by atoms with Crippen molar-refractivity contribution in [1.29, 1.82) is 0 Å². The van der Waals surface area contributed by atoms with Gasteiger partial charge in [-0.25, -0.2) is 4.98 Å². The van der Waals surface area contributed by atoms with Crippen LogP contribution in [0.1, 0.15) is 0 Å². The molecule has 3 rings (SSSR count). The van der Waals surface area contributed by atoms with Crippen LogP contribution in [-0.4, -0.2) is 46.6 Å². The van der Waals surface area contributed by atoms with Crippen LogP contribution in [0.3, 0.4) is 0 Å². The predicted octanol–water partition coefficient (Wildman–Crippen LogP) is -0.777. The normalized spacial score (nSPS) is 10.8. The Labute approximate surface area is 95.5 Å². The fraction of sp³-hybridized carbons (Fsp3) is 0.250. The van der Waals surface area contributed by atoms with Crippen LogP contribution in [-0.2, 0) is 6.54 Å². The number of fused-ring (bicyclic) bond motifs is 1. The van der Waals surface area contributed by atoms with E-state index in [1.54, 1.807) is 17.1 Å². The van der Waals surface area contributed by atoms with Crippen molar-refractivity contribution in [3.05, 3.63) is 24.8 Å². The third-order valence-corrected chi connectivity index (χ3v) is 2.18. The zero-order valence-electron chi connectivity index (χ0n) is 8.80. The summed E-state index contributed by atoms with van der Waals surface area (Å²) in [5, 5.41) is 22.3. The quantitative estimate of drug-likeness (QED) is 0.629. The number of hydrogen-bond acceptors (Lipinski definition) is 7. The fourth-order valence-electron chi connectivity index (χ4n) is 1.39. The van der Waals surface area contributed by atoms with Gasteiger partial charge >= 0.3 is 0 Å². The molecule has 0 bridgehead atoms. The van der Waals surface area contributed by atoms with Gasteiger partial charge in [0.15, 0.2) is 5.65 Å². The van der Waals surface area contributed by atoms with Crippen LogP contribution >= 0.6 is 0 Å². The Bertz CT molecular complexity index is 598. The van der Waals surface area contributed by atoms with Gasteiger partial charge in [-0.3, -0.25) is 4.68 Å². The second-order valence-corrected chi connectivity index (χ2v) is 3.33. The summed E-state index contributed by atoms with van der Waals surface area (Å²) in [6.45, 7) is 1.42. The van der Waals surface area contributed by atoms with Crippen molar-refractivity contribution in [3.63, 3.8) is 0 Å². The van der Waals surface area contributed by atoms with Crippen molar-refractivity contribution in [1.82, 2.24) is 40.0 Å². The summed E-state index contributed by atoms with van der Waals surface area (Å²) in [5.74, 6) is 0.713. The number of tetrazole rings is 1. The highest BCUT2D eigenvalue weighted by Gasteiger charge is 1.99. The predicted molar refractivity (Wildman–Crippen MR) is 57.1 cm³/mol. The SMILES string of the molecule is c1ncn(CCNc2ccc3nnnn3n2)n1. The van der Waals surface area contributed by atoms with E-state index in [-0.39, 0.29) is 0 Å². The van der Waals surface area contributed by atoms with Gasteiger partial charge in [0.25, 0.3) is 0 Å². The van der Waals surface area contributed by atoms with Crippen LogP contribution in [0.15, 0.2) is 24.8 Å². The third-order valence-electron chi connectivity index (χ3n) is 2.18. The standard InChI is InChI=1S/C8H9N9/c1-2-8-12-14-15-17(8)13-7(1)10-3-4-16-6-9-5-11-16/h1-2,5-6H,3-4H2,(H,10,13). The van der Waals surface area contributed by atoms with E-state index in [4.69, 9.17) is 0 Å². The molecule has 0 amide bonds. The molecular weight excluding hydrogens is 222 g/mol. The van der Waals surface area contributed by atoms with E-state index in [1.807, 2.05) is 6.07 Å². The van der Waals surface area contributed by atoms with Crippen molar-refractivity contribution in [2.75, 3.05) is 11.9 Å². The van der Waals surface area contributed by atoms with Crippen molar-refractivity contribution in [2.24, 2.45) is 0 Å². The van der Waals surface area contributed by atoms with Crippen molar-refractivity contribution in [3.8, 4) is 0 Å². The molecule has 0 aromatic carbocycles. The van der Waals surface area contributed by atoms with Gasteiger partial charge in [0, 0.05) is 6.54 Å². The van der Waals surface area contributed by atoms with Gasteiger partial charge in [-0.2, -0.15) is 5.10 Å². The van der Waals surface area contributed by atoms with Crippen LogP contribution in [0.2, 0.25) is 0 Å². The minimum Gasteiger partial charge on any atom is -0.367 e. The molecule has 17 heavy (non-hydrogen) atoms. The Hall–Kier alpha value is -2.58. The number of nitrogens with one attached hydrogen (secondary N) is 1. The van der Waals surface area contributed by atoms with Gasteiger partial charge in [0.05, 0.1) is 6.54 Å². The van der Waals surface area contributed by atoms with Crippen LogP contribution in [0.5, 0.6) is 0 Å². The summed E-state index contributed by atoms with van der Waals surface area (Å²) in [6, 6.07) is 3.62. The topological polar surface area (TPSA) is 98.7 Å². The van der Waals surface area contributed by atoms with Crippen molar-refractivity contribution in [2.45, 2.75) is 6.54 Å². The van der Waals surface area contributed by atoms with E-state index < -0.39 is 0 Å². The van der Waals surface area contributed by atoms with Gasteiger partial charge < -0.3 is 5.32 Å². The minimum atomic E-state index is 0.617. The maximum atomic E-state index is 4.18. The van der Waals surface area contributed by atoms with Crippen molar-refractivity contribution < 1.29 is 0 Å². The Morgan fingerprint density at radius 2 is 2.29 bits per heavy atom. The molecule has 0 unspecified atom stereocenters. The van der Waals surface area contributed by atoms with E-state index in [0.29, 0.717) is 18.0 Å². The molecule has 0 aliphatic heterocycles. The van der Waals surface area contributed by atoms with E-state index >= 15 is 0 Å². The van der Waals surface area contributed by atoms with Crippen LogP contribution in [0.25, 0.3) is 5.65 Å². The lowest BCUT2D eigenvalue weighted by Gasteiger charge is -2.04. The molecule has 0 fully saturated rings. The average molecular weight is 231 g/mol. The maximum absolute atomic E-state index is 4.18. The molecule has 0 atom stereocenters. The van der Waals surface area contributed by atoms with Crippen LogP contribution in [0.4, 0.5) is 5.82 Å². The summed E-state index contributed by atoms with van der Waals surface area (Å²) in [5.41, 5.74) is 0.617. The molecule has 9 nitrogen and oxygen atoms in total. The maximum Gasteiger partial charge on any atom is 0.200 e. The first-order valence-corrected chi connectivity index (χ1v) is 5.03. The molecular formula is C8H9N9. The van der Waals surface area contributed by atoms with Gasteiger partial charge in [-0.15, -0.1) is 14.8 Å². The van der Waals surface area contributed by atoms with E-state index in [9.17, 15) is 0 Å². The monoisotopic (exact) mass is 231 g/mol. The molecule has 0 aliphatic rings. The van der Waals surface area contributed by atoms with Crippen LogP contribution < -0.4 is 5.32 Å². The van der Waals surface area contributed by atoms with E-state index in [0.717, 1.165) is 6.54 Å². The zero-order chi connectivity index (χ0) is 11.5. The van der Waals surface area contributed by atoms with E-state index in [1.165, 1.54) is 11.0 Å². The molecule has 0 saturated heterocycles. The first-order chi connectivity index (χ1) is 8.42. The summed E-state index contributed by atoms with van der Waals surface area (Å²) in [4.78, 5) is 3.86. The molecule has 0 spiro atoms. The lowest BCUT2D eigenvalue weighted by atomic mass is 10.5. The second-order valence-electron chi connectivity index (χ2n) is 3.33. The Kier molecular flexibility index (Phi) is 2.33. The highest BCUT2D eigenvalue weighted by atomic mass is 15.6. The van der Waals surface area contributed by atoms with E-state index in [2.05, 4.69) is 36.0 Å².